The summed E-state index contributed by atoms with van der Waals surface area (Å²) in [5.41, 5.74) is 0.569. The third-order valence-electron chi connectivity index (χ3n) is 4.38. The summed E-state index contributed by atoms with van der Waals surface area (Å²) in [6, 6.07) is 8.11. The Kier molecular flexibility index (Phi) is 4.67. The van der Waals surface area contributed by atoms with Gasteiger partial charge in [0.2, 0.25) is 5.91 Å². The smallest absolute Gasteiger partial charge is 0.309 e. The van der Waals surface area contributed by atoms with Gasteiger partial charge in [0.25, 0.3) is 10.0 Å². The Bertz CT molecular complexity index is 986. The van der Waals surface area contributed by atoms with Gasteiger partial charge in [0.15, 0.2) is 0 Å². The predicted molar refractivity (Wildman–Crippen MR) is 95.0 cm³/mol. The van der Waals surface area contributed by atoms with Crippen LogP contribution in [0.3, 0.4) is 0 Å². The number of nitrogens with one attached hydrogen (secondary N) is 1. The van der Waals surface area contributed by atoms with E-state index in [0.29, 0.717) is 12.1 Å². The number of hydrogen-bond donors (Lipinski definition) is 1. The van der Waals surface area contributed by atoms with Gasteiger partial charge in [-0.15, -0.1) is 0 Å². The molecule has 1 amide bonds. The van der Waals surface area contributed by atoms with Crippen molar-refractivity contribution in [1.29, 1.82) is 0 Å². The molecule has 0 aromatic heterocycles. The maximum atomic E-state index is 12.6. The van der Waals surface area contributed by atoms with Crippen molar-refractivity contribution in [1.82, 2.24) is 0 Å². The molecular weight excluding hydrogens is 381 g/mol. The lowest BCUT2D eigenvalue weighted by Crippen LogP contribution is -2.33. The molecule has 0 fully saturated rings. The minimum atomic E-state index is -4.49. The van der Waals surface area contributed by atoms with Crippen molar-refractivity contribution >= 4 is 27.3 Å². The zero-order valence-electron chi connectivity index (χ0n) is 14.5. The number of amides is 1. The second kappa shape index (κ2) is 6.56. The molecule has 0 bridgehead atoms. The number of nitrogens with zero attached hydrogens (tertiary/aromatic N) is 1. The van der Waals surface area contributed by atoms with E-state index in [1.54, 1.807) is 11.0 Å². The summed E-state index contributed by atoms with van der Waals surface area (Å²) >= 11 is 0. The number of sulfonamides is 1. The molecule has 1 aliphatic rings. The third-order valence-corrected chi connectivity index (χ3v) is 5.76. The number of alkyl halides is 3. The van der Waals surface area contributed by atoms with Crippen LogP contribution in [-0.4, -0.2) is 20.4 Å². The lowest BCUT2D eigenvalue weighted by molar-refractivity contribution is -0.137. The van der Waals surface area contributed by atoms with Crippen molar-refractivity contribution in [3.8, 4) is 0 Å². The number of hydrogen-bond acceptors (Lipinski definition) is 3. The van der Waals surface area contributed by atoms with Crippen LogP contribution in [0.1, 0.15) is 25.0 Å². The first-order valence-corrected chi connectivity index (χ1v) is 9.60. The molecule has 1 heterocycles. The number of carbonyl (C=O) groups excluding carboxylic acids is 1. The molecule has 3 rings (SSSR count). The van der Waals surface area contributed by atoms with E-state index in [0.717, 1.165) is 29.8 Å². The molecule has 144 valence electrons. The lowest BCUT2D eigenvalue weighted by atomic mass is 10.1. The molecule has 1 atom stereocenters. The lowest BCUT2D eigenvalue weighted by Gasteiger charge is -2.20. The van der Waals surface area contributed by atoms with Crippen LogP contribution in [0, 0.1) is 0 Å². The standard InChI is InChI=1S/C18H17F3N2O3S/c1-11-9-13-10-16(7-8-17(13)23(11)12(2)24)27(25,26)22-15-5-3-14(4-6-15)18(19,20)21/h3-8,10-11,22H,9H2,1-2H3. The maximum absolute atomic E-state index is 12.6. The van der Waals surface area contributed by atoms with Crippen LogP contribution >= 0.6 is 0 Å². The number of anilines is 2. The summed E-state index contributed by atoms with van der Waals surface area (Å²) in [5, 5.41) is 0. The highest BCUT2D eigenvalue weighted by molar-refractivity contribution is 7.92. The molecule has 27 heavy (non-hydrogen) atoms. The van der Waals surface area contributed by atoms with Crippen LogP contribution in [-0.2, 0) is 27.4 Å². The first-order valence-electron chi connectivity index (χ1n) is 8.12. The van der Waals surface area contributed by atoms with Gasteiger partial charge in [0.1, 0.15) is 0 Å². The SMILES string of the molecule is CC(=O)N1c2ccc(S(=O)(=O)Nc3ccc(C(F)(F)F)cc3)cc2CC1C. The maximum Gasteiger partial charge on any atom is 0.416 e. The van der Waals surface area contributed by atoms with Crippen LogP contribution in [0.2, 0.25) is 0 Å². The summed E-state index contributed by atoms with van der Waals surface area (Å²) in [4.78, 5) is 13.3. The van der Waals surface area contributed by atoms with Crippen LogP contribution in [0.4, 0.5) is 24.5 Å². The Balaban J connectivity index is 1.86. The van der Waals surface area contributed by atoms with Gasteiger partial charge in [-0.05, 0) is 61.4 Å². The number of halogens is 3. The highest BCUT2D eigenvalue weighted by Crippen LogP contribution is 2.34. The summed E-state index contributed by atoms with van der Waals surface area (Å²) < 4.78 is 65.2. The van der Waals surface area contributed by atoms with Crippen LogP contribution in [0.25, 0.3) is 0 Å². The zero-order chi connectivity index (χ0) is 20.0. The van der Waals surface area contributed by atoms with E-state index in [1.807, 2.05) is 6.92 Å². The molecule has 0 saturated carbocycles. The molecule has 9 heteroatoms. The second-order valence-corrected chi connectivity index (χ2v) is 8.10. The van der Waals surface area contributed by atoms with Gasteiger partial charge in [-0.3, -0.25) is 9.52 Å². The fraction of sp³-hybridized carbons (Fsp3) is 0.278. The Labute approximate surface area is 154 Å². The van der Waals surface area contributed by atoms with Crippen molar-refractivity contribution < 1.29 is 26.4 Å². The Morgan fingerprint density at radius 3 is 2.33 bits per heavy atom. The molecular formula is C18H17F3N2O3S. The van der Waals surface area contributed by atoms with Gasteiger partial charge >= 0.3 is 6.18 Å². The van der Waals surface area contributed by atoms with Gasteiger partial charge in [-0.25, -0.2) is 8.42 Å². The van der Waals surface area contributed by atoms with Gasteiger partial charge in [0.05, 0.1) is 10.5 Å². The first-order chi connectivity index (χ1) is 12.5. The zero-order valence-corrected chi connectivity index (χ0v) is 15.4. The number of rotatable bonds is 3. The average molecular weight is 398 g/mol. The first kappa shape index (κ1) is 19.2. The van der Waals surface area contributed by atoms with E-state index in [4.69, 9.17) is 0 Å². The second-order valence-electron chi connectivity index (χ2n) is 6.41. The van der Waals surface area contributed by atoms with Crippen LogP contribution in [0.5, 0.6) is 0 Å². The monoisotopic (exact) mass is 398 g/mol. The third kappa shape index (κ3) is 3.78. The minimum absolute atomic E-state index is 0.0150. The molecule has 1 aliphatic heterocycles. The molecule has 0 saturated heterocycles. The average Bonchev–Trinajstić information content (AvgIpc) is 2.89. The van der Waals surface area contributed by atoms with Crippen molar-refractivity contribution in [2.24, 2.45) is 0 Å². The van der Waals surface area contributed by atoms with E-state index in [2.05, 4.69) is 4.72 Å². The number of fused-ring (bicyclic) bond motifs is 1. The summed E-state index contributed by atoms with van der Waals surface area (Å²) in [7, 11) is -3.97. The topological polar surface area (TPSA) is 66.5 Å². The van der Waals surface area contributed by atoms with Gasteiger partial charge in [-0.1, -0.05) is 0 Å². The predicted octanol–water partition coefficient (Wildman–Crippen LogP) is 3.80. The van der Waals surface area contributed by atoms with E-state index in [1.165, 1.54) is 19.1 Å². The Morgan fingerprint density at radius 1 is 1.15 bits per heavy atom. The van der Waals surface area contributed by atoms with Crippen LogP contribution < -0.4 is 9.62 Å². The van der Waals surface area contributed by atoms with E-state index < -0.39 is 21.8 Å². The summed E-state index contributed by atoms with van der Waals surface area (Å²) in [6.07, 6.45) is -3.96. The van der Waals surface area contributed by atoms with Crippen molar-refractivity contribution in [2.45, 2.75) is 37.4 Å². The molecule has 0 radical (unpaired) electrons. The van der Waals surface area contributed by atoms with E-state index >= 15 is 0 Å². The Morgan fingerprint density at radius 2 is 1.78 bits per heavy atom. The van der Waals surface area contributed by atoms with E-state index in [-0.39, 0.29) is 22.5 Å². The molecule has 0 aliphatic carbocycles. The molecule has 1 N–H and O–H groups in total. The van der Waals surface area contributed by atoms with Crippen molar-refractivity contribution in [3.05, 3.63) is 53.6 Å². The molecule has 5 nitrogen and oxygen atoms in total. The molecule has 2 aromatic carbocycles. The molecule has 2 aromatic rings. The number of benzene rings is 2. The number of carbonyl (C=O) groups is 1. The molecule has 1 unspecified atom stereocenters. The van der Waals surface area contributed by atoms with E-state index in [9.17, 15) is 26.4 Å². The van der Waals surface area contributed by atoms with Crippen molar-refractivity contribution in [3.63, 3.8) is 0 Å². The van der Waals surface area contributed by atoms with Gasteiger partial charge in [0, 0.05) is 24.3 Å². The largest absolute Gasteiger partial charge is 0.416 e. The van der Waals surface area contributed by atoms with Gasteiger partial charge < -0.3 is 4.90 Å². The fourth-order valence-electron chi connectivity index (χ4n) is 3.20. The normalized spacial score (nSPS) is 16.9. The highest BCUT2D eigenvalue weighted by Gasteiger charge is 2.31. The molecule has 0 spiro atoms. The summed E-state index contributed by atoms with van der Waals surface area (Å²) in [6.45, 7) is 3.32. The fourth-order valence-corrected chi connectivity index (χ4v) is 4.30. The van der Waals surface area contributed by atoms with Gasteiger partial charge in [-0.2, -0.15) is 13.2 Å². The van der Waals surface area contributed by atoms with Crippen LogP contribution in [0.15, 0.2) is 47.4 Å². The Hall–Kier alpha value is -2.55. The van der Waals surface area contributed by atoms with Crippen molar-refractivity contribution in [2.75, 3.05) is 9.62 Å². The quantitative estimate of drug-likeness (QED) is 0.855. The summed E-state index contributed by atoms with van der Waals surface area (Å²) in [5.74, 6) is -0.125. The highest BCUT2D eigenvalue weighted by atomic mass is 32.2. The minimum Gasteiger partial charge on any atom is -0.309 e.